The highest BCUT2D eigenvalue weighted by atomic mass is 15.2. The Morgan fingerprint density at radius 1 is 1.27 bits per heavy atom. The Morgan fingerprint density at radius 3 is 2.40 bits per heavy atom. The minimum absolute atomic E-state index is 0.391. The third kappa shape index (κ3) is 2.54. The summed E-state index contributed by atoms with van der Waals surface area (Å²) in [4.78, 5) is 2.70. The summed E-state index contributed by atoms with van der Waals surface area (Å²) in [5, 5.41) is 3.75. The maximum Gasteiger partial charge on any atom is 0.0249 e. The second-order valence-electron chi connectivity index (χ2n) is 6.32. The predicted molar refractivity (Wildman–Crippen MR) is 65.0 cm³/mol. The van der Waals surface area contributed by atoms with Crippen LogP contribution in [0.4, 0.5) is 0 Å². The van der Waals surface area contributed by atoms with Gasteiger partial charge in [-0.25, -0.2) is 0 Å². The van der Waals surface area contributed by atoms with Gasteiger partial charge in [-0.2, -0.15) is 0 Å². The van der Waals surface area contributed by atoms with E-state index in [1.54, 1.807) is 0 Å². The second kappa shape index (κ2) is 4.06. The number of hydrogen-bond acceptors (Lipinski definition) is 2. The minimum Gasteiger partial charge on any atom is -0.311 e. The summed E-state index contributed by atoms with van der Waals surface area (Å²) in [6.07, 6.45) is 2.92. The Morgan fingerprint density at radius 2 is 1.93 bits per heavy atom. The Balaban J connectivity index is 1.96. The van der Waals surface area contributed by atoms with E-state index in [2.05, 4.69) is 37.9 Å². The Kier molecular flexibility index (Phi) is 3.09. The van der Waals surface area contributed by atoms with E-state index >= 15 is 0 Å². The van der Waals surface area contributed by atoms with Gasteiger partial charge in [0.2, 0.25) is 0 Å². The zero-order valence-electron chi connectivity index (χ0n) is 10.7. The fraction of sp³-hybridized carbons (Fsp3) is 1.00. The molecule has 2 fully saturated rings. The van der Waals surface area contributed by atoms with Gasteiger partial charge in [-0.15, -0.1) is 0 Å². The molecule has 2 unspecified atom stereocenters. The molecular formula is C13H26N2. The van der Waals surface area contributed by atoms with Crippen LogP contribution in [0.1, 0.15) is 40.5 Å². The molecule has 1 N–H and O–H groups in total. The van der Waals surface area contributed by atoms with Crippen LogP contribution >= 0.6 is 0 Å². The predicted octanol–water partition coefficient (Wildman–Crippen LogP) is 2.10. The van der Waals surface area contributed by atoms with Crippen LogP contribution in [0.5, 0.6) is 0 Å². The maximum absolute atomic E-state index is 3.75. The molecule has 88 valence electrons. The van der Waals surface area contributed by atoms with E-state index in [-0.39, 0.29) is 0 Å². The molecule has 0 radical (unpaired) electrons. The van der Waals surface area contributed by atoms with Gasteiger partial charge >= 0.3 is 0 Å². The second-order valence-corrected chi connectivity index (χ2v) is 6.32. The Labute approximate surface area is 94.4 Å². The van der Waals surface area contributed by atoms with E-state index in [1.807, 2.05) is 0 Å². The molecule has 1 aliphatic carbocycles. The molecule has 1 heterocycles. The van der Waals surface area contributed by atoms with Crippen LogP contribution in [-0.4, -0.2) is 36.6 Å². The molecular weight excluding hydrogens is 184 g/mol. The van der Waals surface area contributed by atoms with Crippen molar-refractivity contribution in [3.63, 3.8) is 0 Å². The lowest BCUT2D eigenvalue weighted by atomic mass is 9.84. The lowest BCUT2D eigenvalue weighted by molar-refractivity contribution is 0.0797. The normalized spacial score (nSPS) is 34.4. The number of hydrogen-bond donors (Lipinski definition) is 1. The van der Waals surface area contributed by atoms with Gasteiger partial charge in [0.15, 0.2) is 0 Å². The van der Waals surface area contributed by atoms with Crippen LogP contribution in [0.25, 0.3) is 0 Å². The smallest absolute Gasteiger partial charge is 0.0249 e. The molecule has 0 amide bonds. The molecule has 2 nitrogen and oxygen atoms in total. The zero-order valence-corrected chi connectivity index (χ0v) is 10.7. The highest BCUT2D eigenvalue weighted by Crippen LogP contribution is 2.37. The Hall–Kier alpha value is -0.0800. The minimum atomic E-state index is 0.391. The van der Waals surface area contributed by atoms with Gasteiger partial charge in [0.1, 0.15) is 0 Å². The summed E-state index contributed by atoms with van der Waals surface area (Å²) in [6.45, 7) is 13.0. The lowest BCUT2D eigenvalue weighted by Crippen LogP contribution is -2.60. The van der Waals surface area contributed by atoms with Crippen molar-refractivity contribution in [2.75, 3.05) is 19.6 Å². The average Bonchev–Trinajstić information content (AvgIpc) is 2.98. The summed E-state index contributed by atoms with van der Waals surface area (Å²) >= 11 is 0. The molecule has 0 aromatic heterocycles. The molecule has 0 aromatic rings. The molecule has 2 aliphatic rings. The van der Waals surface area contributed by atoms with Gasteiger partial charge in [0.25, 0.3) is 0 Å². The number of piperazine rings is 1. The van der Waals surface area contributed by atoms with E-state index in [1.165, 1.54) is 32.5 Å². The summed E-state index contributed by atoms with van der Waals surface area (Å²) in [6, 6.07) is 1.49. The van der Waals surface area contributed by atoms with Gasteiger partial charge < -0.3 is 5.32 Å². The van der Waals surface area contributed by atoms with E-state index < -0.39 is 0 Å². The van der Waals surface area contributed by atoms with Crippen LogP contribution in [-0.2, 0) is 0 Å². The van der Waals surface area contributed by atoms with Crippen molar-refractivity contribution in [3.05, 3.63) is 0 Å². The number of likely N-dealkylation sites (N-methyl/N-ethyl adjacent to an activating group) is 1. The van der Waals surface area contributed by atoms with Crippen molar-refractivity contribution >= 4 is 0 Å². The van der Waals surface area contributed by atoms with Gasteiger partial charge in [-0.1, -0.05) is 27.7 Å². The molecule has 0 aromatic carbocycles. The first-order valence-corrected chi connectivity index (χ1v) is 6.49. The number of rotatable bonds is 2. The van der Waals surface area contributed by atoms with Gasteiger partial charge in [-0.3, -0.25) is 4.90 Å². The van der Waals surface area contributed by atoms with Gasteiger partial charge in [-0.05, 0) is 30.7 Å². The first-order chi connectivity index (χ1) is 7.02. The standard InChI is InChI=1S/C13H26N2/c1-5-15-9-12(13(2,3)4)14-8-11(15)10-6-7-10/h10-12,14H,5-9H2,1-4H3. The zero-order chi connectivity index (χ0) is 11.1. The molecule has 0 bridgehead atoms. The van der Waals surface area contributed by atoms with Crippen molar-refractivity contribution < 1.29 is 0 Å². The van der Waals surface area contributed by atoms with Gasteiger partial charge in [0, 0.05) is 25.2 Å². The third-order valence-corrected chi connectivity index (χ3v) is 4.08. The van der Waals surface area contributed by atoms with E-state index in [0.29, 0.717) is 11.5 Å². The highest BCUT2D eigenvalue weighted by Gasteiger charge is 2.40. The van der Waals surface area contributed by atoms with Crippen LogP contribution < -0.4 is 5.32 Å². The summed E-state index contributed by atoms with van der Waals surface area (Å²) in [7, 11) is 0. The monoisotopic (exact) mass is 210 g/mol. The summed E-state index contributed by atoms with van der Waals surface area (Å²) in [5.74, 6) is 0.998. The molecule has 15 heavy (non-hydrogen) atoms. The molecule has 0 spiro atoms. The van der Waals surface area contributed by atoms with E-state index in [4.69, 9.17) is 0 Å². The molecule has 2 atom stereocenters. The highest BCUT2D eigenvalue weighted by molar-refractivity contribution is 4.97. The summed E-state index contributed by atoms with van der Waals surface area (Å²) < 4.78 is 0. The summed E-state index contributed by atoms with van der Waals surface area (Å²) in [5.41, 5.74) is 0.391. The largest absolute Gasteiger partial charge is 0.311 e. The van der Waals surface area contributed by atoms with Crippen molar-refractivity contribution in [2.24, 2.45) is 11.3 Å². The first kappa shape index (κ1) is 11.4. The van der Waals surface area contributed by atoms with Crippen molar-refractivity contribution in [2.45, 2.75) is 52.6 Å². The molecule has 1 saturated carbocycles. The topological polar surface area (TPSA) is 15.3 Å². The van der Waals surface area contributed by atoms with Crippen LogP contribution in [0.2, 0.25) is 0 Å². The molecule has 1 aliphatic heterocycles. The van der Waals surface area contributed by atoms with Crippen molar-refractivity contribution in [1.29, 1.82) is 0 Å². The molecule has 2 rings (SSSR count). The van der Waals surface area contributed by atoms with E-state index in [9.17, 15) is 0 Å². The van der Waals surface area contributed by atoms with Crippen LogP contribution in [0.3, 0.4) is 0 Å². The maximum atomic E-state index is 3.75. The Bertz CT molecular complexity index is 215. The quantitative estimate of drug-likeness (QED) is 0.751. The lowest BCUT2D eigenvalue weighted by Gasteiger charge is -2.45. The SMILES string of the molecule is CCN1CC(C(C)(C)C)NCC1C1CC1. The van der Waals surface area contributed by atoms with E-state index in [0.717, 1.165) is 12.0 Å². The third-order valence-electron chi connectivity index (χ3n) is 4.08. The average molecular weight is 210 g/mol. The van der Waals surface area contributed by atoms with Crippen LogP contribution in [0.15, 0.2) is 0 Å². The molecule has 1 saturated heterocycles. The fourth-order valence-corrected chi connectivity index (χ4v) is 2.72. The van der Waals surface area contributed by atoms with Crippen molar-refractivity contribution in [3.8, 4) is 0 Å². The number of nitrogens with one attached hydrogen (secondary N) is 1. The van der Waals surface area contributed by atoms with Crippen molar-refractivity contribution in [1.82, 2.24) is 10.2 Å². The molecule has 2 heteroatoms. The number of nitrogens with zero attached hydrogens (tertiary/aromatic N) is 1. The first-order valence-electron chi connectivity index (χ1n) is 6.49. The fourth-order valence-electron chi connectivity index (χ4n) is 2.72. The van der Waals surface area contributed by atoms with Gasteiger partial charge in [0.05, 0.1) is 0 Å². The van der Waals surface area contributed by atoms with Crippen LogP contribution in [0, 0.1) is 11.3 Å².